The number of nitrogens with one attached hydrogen (secondary N) is 2. The Kier molecular flexibility index (Phi) is 8.39. The first kappa shape index (κ1) is 22.4. The Morgan fingerprint density at radius 2 is 1.90 bits per heavy atom. The number of hydrogen-bond acceptors (Lipinski definition) is 5. The summed E-state index contributed by atoms with van der Waals surface area (Å²) in [6, 6.07) is 10.7. The molecule has 1 fully saturated rings. The molecule has 2 amide bonds. The molecule has 0 bridgehead atoms. The predicted molar refractivity (Wildman–Crippen MR) is 125 cm³/mol. The number of nitrogens with zero attached hydrogens (tertiary/aromatic N) is 2. The maximum absolute atomic E-state index is 12.5. The predicted octanol–water partition coefficient (Wildman–Crippen LogP) is 4.11. The van der Waals surface area contributed by atoms with Crippen molar-refractivity contribution in [2.24, 2.45) is 0 Å². The lowest BCUT2D eigenvalue weighted by Crippen LogP contribution is -2.49. The van der Waals surface area contributed by atoms with Crippen LogP contribution < -0.4 is 20.3 Å². The van der Waals surface area contributed by atoms with E-state index in [9.17, 15) is 4.79 Å². The van der Waals surface area contributed by atoms with E-state index in [1.54, 1.807) is 18.4 Å². The van der Waals surface area contributed by atoms with Gasteiger partial charge in [-0.3, -0.25) is 4.90 Å². The highest BCUT2D eigenvalue weighted by Crippen LogP contribution is 2.24. The van der Waals surface area contributed by atoms with E-state index in [0.29, 0.717) is 6.54 Å². The Hall–Kier alpha value is -2.25. The van der Waals surface area contributed by atoms with E-state index in [4.69, 9.17) is 4.74 Å². The van der Waals surface area contributed by atoms with E-state index < -0.39 is 0 Å². The highest BCUT2D eigenvalue weighted by molar-refractivity contribution is 7.07. The summed E-state index contributed by atoms with van der Waals surface area (Å²) in [5.41, 5.74) is 2.48. The second kappa shape index (κ2) is 11.2. The molecule has 1 saturated heterocycles. The standard InChI is InChI=1S/C23H34N4O2S/c1-4-26(5-2)22(18-12-15-30-17-18)16-24-23(28)25-19-10-13-27(14-11-19)20-6-8-21(29-3)9-7-20/h6-9,12,15,17,19,22H,4-5,10-11,13-14,16H2,1-3H3,(H2,24,25,28). The smallest absolute Gasteiger partial charge is 0.315 e. The van der Waals surface area contributed by atoms with Gasteiger partial charge in [-0.1, -0.05) is 13.8 Å². The van der Waals surface area contributed by atoms with Crippen molar-refractivity contribution in [1.82, 2.24) is 15.5 Å². The average Bonchev–Trinajstić information content (AvgIpc) is 3.32. The van der Waals surface area contributed by atoms with Crippen molar-refractivity contribution in [3.05, 3.63) is 46.7 Å². The molecule has 0 radical (unpaired) electrons. The molecule has 2 heterocycles. The van der Waals surface area contributed by atoms with Crippen LogP contribution in [0.15, 0.2) is 41.1 Å². The molecule has 1 atom stereocenters. The molecule has 0 spiro atoms. The molecule has 30 heavy (non-hydrogen) atoms. The van der Waals surface area contributed by atoms with Crippen LogP contribution in [0.3, 0.4) is 0 Å². The lowest BCUT2D eigenvalue weighted by atomic mass is 10.0. The zero-order valence-corrected chi connectivity index (χ0v) is 19.1. The van der Waals surface area contributed by atoms with Gasteiger partial charge in [0.05, 0.1) is 13.2 Å². The summed E-state index contributed by atoms with van der Waals surface area (Å²) < 4.78 is 5.23. The molecule has 1 aliphatic heterocycles. The molecule has 1 aromatic heterocycles. The van der Waals surface area contributed by atoms with Gasteiger partial charge in [-0.25, -0.2) is 4.79 Å². The summed E-state index contributed by atoms with van der Waals surface area (Å²) in [6.45, 7) is 8.75. The van der Waals surface area contributed by atoms with Gasteiger partial charge in [0, 0.05) is 31.4 Å². The van der Waals surface area contributed by atoms with Crippen molar-refractivity contribution in [1.29, 1.82) is 0 Å². The maximum Gasteiger partial charge on any atom is 0.315 e. The summed E-state index contributed by atoms with van der Waals surface area (Å²) in [5, 5.41) is 10.6. The molecule has 1 aromatic carbocycles. The molecular weight excluding hydrogens is 396 g/mol. The normalized spacial score (nSPS) is 15.8. The van der Waals surface area contributed by atoms with Crippen LogP contribution in [-0.2, 0) is 0 Å². The molecule has 2 aromatic rings. The number of carbonyl (C=O) groups excluding carboxylic acids is 1. The third-order valence-corrected chi connectivity index (χ3v) is 6.61. The number of urea groups is 1. The van der Waals surface area contributed by atoms with Gasteiger partial charge in [-0.15, -0.1) is 0 Å². The fourth-order valence-electron chi connectivity index (χ4n) is 4.09. The number of carbonyl (C=O) groups is 1. The second-order valence-electron chi connectivity index (χ2n) is 7.61. The van der Waals surface area contributed by atoms with E-state index >= 15 is 0 Å². The minimum Gasteiger partial charge on any atom is -0.497 e. The van der Waals surface area contributed by atoms with Crippen LogP contribution in [0.2, 0.25) is 0 Å². The fourth-order valence-corrected chi connectivity index (χ4v) is 4.79. The van der Waals surface area contributed by atoms with Gasteiger partial charge in [-0.2, -0.15) is 11.3 Å². The largest absolute Gasteiger partial charge is 0.497 e. The number of hydrogen-bond donors (Lipinski definition) is 2. The summed E-state index contributed by atoms with van der Waals surface area (Å²) in [6.07, 6.45) is 1.90. The third-order valence-electron chi connectivity index (χ3n) is 5.90. The Morgan fingerprint density at radius 3 is 2.47 bits per heavy atom. The molecule has 0 aliphatic carbocycles. The van der Waals surface area contributed by atoms with Crippen molar-refractivity contribution < 1.29 is 9.53 Å². The molecular formula is C23H34N4O2S. The molecule has 1 unspecified atom stereocenters. The minimum absolute atomic E-state index is 0.0646. The van der Waals surface area contributed by atoms with Gasteiger partial charge in [0.15, 0.2) is 0 Å². The van der Waals surface area contributed by atoms with E-state index in [0.717, 1.165) is 44.8 Å². The maximum atomic E-state index is 12.5. The highest BCUT2D eigenvalue weighted by Gasteiger charge is 2.23. The Balaban J connectivity index is 1.46. The van der Waals surface area contributed by atoms with Crippen molar-refractivity contribution in [2.45, 2.75) is 38.8 Å². The van der Waals surface area contributed by atoms with Crippen LogP contribution in [0.25, 0.3) is 0 Å². The molecule has 1 aliphatic rings. The van der Waals surface area contributed by atoms with Crippen molar-refractivity contribution in [3.63, 3.8) is 0 Å². The highest BCUT2D eigenvalue weighted by atomic mass is 32.1. The number of likely N-dealkylation sites (N-methyl/N-ethyl adjacent to an activating group) is 1. The van der Waals surface area contributed by atoms with Gasteiger partial charge in [0.25, 0.3) is 0 Å². The second-order valence-corrected chi connectivity index (χ2v) is 8.39. The van der Waals surface area contributed by atoms with Crippen LogP contribution in [0.5, 0.6) is 5.75 Å². The van der Waals surface area contributed by atoms with Crippen molar-refractivity contribution in [2.75, 3.05) is 44.7 Å². The van der Waals surface area contributed by atoms with Gasteiger partial charge in [0.2, 0.25) is 0 Å². The van der Waals surface area contributed by atoms with Crippen LogP contribution >= 0.6 is 11.3 Å². The van der Waals surface area contributed by atoms with Gasteiger partial charge in [-0.05, 0) is 72.6 Å². The molecule has 6 nitrogen and oxygen atoms in total. The Labute approximate surface area is 184 Å². The minimum atomic E-state index is -0.0646. The van der Waals surface area contributed by atoms with Gasteiger partial charge < -0.3 is 20.3 Å². The SMILES string of the molecule is CCN(CC)C(CNC(=O)NC1CCN(c2ccc(OC)cc2)CC1)c1ccsc1. The summed E-state index contributed by atoms with van der Waals surface area (Å²) in [4.78, 5) is 17.3. The third kappa shape index (κ3) is 5.89. The van der Waals surface area contributed by atoms with E-state index in [1.165, 1.54) is 11.3 Å². The quantitative estimate of drug-likeness (QED) is 0.629. The van der Waals surface area contributed by atoms with E-state index in [-0.39, 0.29) is 18.1 Å². The van der Waals surface area contributed by atoms with E-state index in [1.807, 2.05) is 12.1 Å². The molecule has 3 rings (SSSR count). The van der Waals surface area contributed by atoms with Crippen LogP contribution in [0.4, 0.5) is 10.5 Å². The average molecular weight is 431 g/mol. The monoisotopic (exact) mass is 430 g/mol. The number of amides is 2. The number of thiophene rings is 1. The number of methoxy groups -OCH3 is 1. The number of benzene rings is 1. The molecule has 7 heteroatoms. The number of rotatable bonds is 9. The lowest BCUT2D eigenvalue weighted by Gasteiger charge is -2.34. The summed E-state index contributed by atoms with van der Waals surface area (Å²) in [7, 11) is 1.68. The zero-order valence-electron chi connectivity index (χ0n) is 18.3. The van der Waals surface area contributed by atoms with E-state index in [2.05, 4.69) is 63.2 Å². The first-order valence-electron chi connectivity index (χ1n) is 10.8. The molecule has 164 valence electrons. The molecule has 2 N–H and O–H groups in total. The summed E-state index contributed by atoms with van der Waals surface area (Å²) >= 11 is 1.70. The van der Waals surface area contributed by atoms with Crippen molar-refractivity contribution in [3.8, 4) is 5.75 Å². The first-order valence-corrected chi connectivity index (χ1v) is 11.8. The van der Waals surface area contributed by atoms with Gasteiger partial charge in [0.1, 0.15) is 5.75 Å². The van der Waals surface area contributed by atoms with Crippen LogP contribution in [0, 0.1) is 0 Å². The number of anilines is 1. The van der Waals surface area contributed by atoms with Crippen LogP contribution in [0.1, 0.15) is 38.3 Å². The Bertz CT molecular complexity index is 754. The Morgan fingerprint density at radius 1 is 1.20 bits per heavy atom. The fraction of sp³-hybridized carbons (Fsp3) is 0.522. The topological polar surface area (TPSA) is 56.8 Å². The number of piperidine rings is 1. The number of ether oxygens (including phenoxy) is 1. The van der Waals surface area contributed by atoms with Crippen LogP contribution in [-0.4, -0.2) is 56.8 Å². The zero-order chi connectivity index (χ0) is 21.3. The van der Waals surface area contributed by atoms with Crippen molar-refractivity contribution >= 4 is 23.1 Å². The summed E-state index contributed by atoms with van der Waals surface area (Å²) in [5.74, 6) is 0.873. The molecule has 0 saturated carbocycles. The van der Waals surface area contributed by atoms with Gasteiger partial charge >= 0.3 is 6.03 Å². The lowest BCUT2D eigenvalue weighted by molar-refractivity contribution is 0.204. The first-order chi connectivity index (χ1) is 14.6.